The Morgan fingerprint density at radius 3 is 1.96 bits per heavy atom. The summed E-state index contributed by atoms with van der Waals surface area (Å²) in [6.45, 7) is 3.61. The Labute approximate surface area is 139 Å². The van der Waals surface area contributed by atoms with Gasteiger partial charge in [0.25, 0.3) is 5.69 Å². The van der Waals surface area contributed by atoms with E-state index in [2.05, 4.69) is 0 Å². The Morgan fingerprint density at radius 2 is 1.50 bits per heavy atom. The maximum absolute atomic E-state index is 13.0. The summed E-state index contributed by atoms with van der Waals surface area (Å²) in [4.78, 5) is 37.9. The van der Waals surface area contributed by atoms with Crippen molar-refractivity contribution in [3.63, 3.8) is 0 Å². The first kappa shape index (κ1) is 15.1. The molecule has 2 fully saturated rings. The molecule has 4 atom stereocenters. The number of aryl methyl sites for hydroxylation is 2. The van der Waals surface area contributed by atoms with Gasteiger partial charge in [0.2, 0.25) is 11.8 Å². The lowest BCUT2D eigenvalue weighted by Gasteiger charge is -2.38. The zero-order valence-electron chi connectivity index (χ0n) is 13.6. The van der Waals surface area contributed by atoms with Crippen LogP contribution in [0, 0.1) is 47.6 Å². The fraction of sp³-hybridized carbons (Fsp3) is 0.444. The quantitative estimate of drug-likeness (QED) is 0.362. The number of imide groups is 1. The predicted octanol–water partition coefficient (Wildman–Crippen LogP) is 2.91. The molecule has 1 aromatic rings. The van der Waals surface area contributed by atoms with Crippen LogP contribution in [0.15, 0.2) is 24.3 Å². The summed E-state index contributed by atoms with van der Waals surface area (Å²) in [5.74, 6) is -1.13. The lowest BCUT2D eigenvalue weighted by Crippen LogP contribution is -2.38. The SMILES string of the molecule is Cc1cc(N2C(=O)[C@H]3[C@H](C2=O)[C@H]2C=C[C@H]3CC2)c([N+](=O)[O-])cc1C. The number of rotatable bonds is 2. The molecule has 5 rings (SSSR count). The zero-order valence-corrected chi connectivity index (χ0v) is 13.6. The number of nitro groups is 1. The first-order chi connectivity index (χ1) is 11.4. The monoisotopic (exact) mass is 326 g/mol. The number of amides is 2. The molecular formula is C18H18N2O4. The number of allylic oxidation sites excluding steroid dienone is 2. The summed E-state index contributed by atoms with van der Waals surface area (Å²) >= 11 is 0. The van der Waals surface area contributed by atoms with Crippen LogP contribution in [-0.4, -0.2) is 16.7 Å². The average Bonchev–Trinajstić information content (AvgIpc) is 2.84. The maximum atomic E-state index is 13.0. The molecule has 0 radical (unpaired) electrons. The van der Waals surface area contributed by atoms with Crippen molar-refractivity contribution >= 4 is 23.2 Å². The van der Waals surface area contributed by atoms with Crippen LogP contribution in [0.25, 0.3) is 0 Å². The Balaban J connectivity index is 1.84. The second-order valence-electron chi connectivity index (χ2n) is 7.04. The molecule has 3 aliphatic carbocycles. The molecule has 6 heteroatoms. The number of hydrogen-bond acceptors (Lipinski definition) is 4. The molecule has 1 saturated heterocycles. The summed E-state index contributed by atoms with van der Waals surface area (Å²) < 4.78 is 0. The van der Waals surface area contributed by atoms with Crippen molar-refractivity contribution in [2.24, 2.45) is 23.7 Å². The number of carbonyl (C=O) groups is 2. The molecule has 124 valence electrons. The van der Waals surface area contributed by atoms with Crippen LogP contribution in [0.5, 0.6) is 0 Å². The third-order valence-electron chi connectivity index (χ3n) is 5.79. The van der Waals surface area contributed by atoms with Crippen molar-refractivity contribution in [2.45, 2.75) is 26.7 Å². The van der Waals surface area contributed by atoms with E-state index in [0.29, 0.717) is 0 Å². The Morgan fingerprint density at radius 1 is 1.00 bits per heavy atom. The number of anilines is 1. The Kier molecular flexibility index (Phi) is 3.13. The molecule has 1 aliphatic heterocycles. The number of nitro benzene ring substituents is 1. The summed E-state index contributed by atoms with van der Waals surface area (Å²) in [5, 5.41) is 11.5. The van der Waals surface area contributed by atoms with Crippen LogP contribution in [0.4, 0.5) is 11.4 Å². The topological polar surface area (TPSA) is 80.5 Å². The van der Waals surface area contributed by atoms with Crippen LogP contribution in [0.1, 0.15) is 24.0 Å². The van der Waals surface area contributed by atoms with E-state index in [4.69, 9.17) is 0 Å². The van der Waals surface area contributed by atoms with Gasteiger partial charge in [-0.05, 0) is 55.7 Å². The molecule has 2 bridgehead atoms. The second kappa shape index (κ2) is 5.00. The smallest absolute Gasteiger partial charge is 0.274 e. The van der Waals surface area contributed by atoms with Gasteiger partial charge in [0.1, 0.15) is 5.69 Å². The number of benzene rings is 1. The van der Waals surface area contributed by atoms with E-state index < -0.39 is 4.92 Å². The lowest BCUT2D eigenvalue weighted by molar-refractivity contribution is -0.384. The van der Waals surface area contributed by atoms with Crippen molar-refractivity contribution in [3.05, 3.63) is 45.5 Å². The van der Waals surface area contributed by atoms with E-state index in [1.807, 2.05) is 19.1 Å². The molecule has 1 heterocycles. The third kappa shape index (κ3) is 1.89. The number of hydrogen-bond donors (Lipinski definition) is 0. The zero-order chi connectivity index (χ0) is 17.2. The highest BCUT2D eigenvalue weighted by atomic mass is 16.6. The van der Waals surface area contributed by atoms with Crippen LogP contribution < -0.4 is 4.90 Å². The Bertz CT molecular complexity index is 781. The standard InChI is InChI=1S/C18H18N2O4/c1-9-7-13(14(20(23)24)8-10(9)2)19-17(21)15-11-3-4-12(6-5-11)16(15)18(19)22/h3-4,7-8,11-12,15-16H,5-6H2,1-2H3/t11-,12-,15+,16+/m0/s1. The van der Waals surface area contributed by atoms with Gasteiger partial charge >= 0.3 is 0 Å². The molecule has 1 saturated carbocycles. The van der Waals surface area contributed by atoms with Gasteiger partial charge in [-0.2, -0.15) is 0 Å². The van der Waals surface area contributed by atoms with Gasteiger partial charge in [0.05, 0.1) is 16.8 Å². The van der Waals surface area contributed by atoms with E-state index in [9.17, 15) is 19.7 Å². The highest BCUT2D eigenvalue weighted by molar-refractivity contribution is 6.23. The molecule has 0 unspecified atom stereocenters. The highest BCUT2D eigenvalue weighted by Crippen LogP contribution is 2.51. The van der Waals surface area contributed by atoms with E-state index in [0.717, 1.165) is 28.9 Å². The summed E-state index contributed by atoms with van der Waals surface area (Å²) in [5.41, 5.74) is 1.53. The van der Waals surface area contributed by atoms with Gasteiger partial charge < -0.3 is 0 Å². The maximum Gasteiger partial charge on any atom is 0.293 e. The van der Waals surface area contributed by atoms with Gasteiger partial charge in [-0.3, -0.25) is 19.7 Å². The number of carbonyl (C=O) groups excluding carboxylic acids is 2. The van der Waals surface area contributed by atoms with Crippen molar-refractivity contribution in [1.82, 2.24) is 0 Å². The van der Waals surface area contributed by atoms with Crippen LogP contribution in [-0.2, 0) is 9.59 Å². The lowest BCUT2D eigenvalue weighted by atomic mass is 9.63. The molecule has 0 N–H and O–H groups in total. The van der Waals surface area contributed by atoms with Crippen LogP contribution >= 0.6 is 0 Å². The molecule has 0 aromatic heterocycles. The largest absolute Gasteiger partial charge is 0.293 e. The van der Waals surface area contributed by atoms with Gasteiger partial charge in [0.15, 0.2) is 0 Å². The fourth-order valence-corrected chi connectivity index (χ4v) is 4.42. The molecule has 1 aromatic carbocycles. The van der Waals surface area contributed by atoms with Crippen molar-refractivity contribution in [2.75, 3.05) is 4.90 Å². The van der Waals surface area contributed by atoms with E-state index in [-0.39, 0.29) is 46.9 Å². The molecule has 0 spiro atoms. The van der Waals surface area contributed by atoms with Crippen LogP contribution in [0.3, 0.4) is 0 Å². The minimum absolute atomic E-state index is 0.0760. The third-order valence-corrected chi connectivity index (χ3v) is 5.79. The molecule has 4 aliphatic rings. The molecule has 6 nitrogen and oxygen atoms in total. The minimum atomic E-state index is -0.517. The number of fused-ring (bicyclic) bond motifs is 1. The van der Waals surface area contributed by atoms with E-state index in [1.165, 1.54) is 6.07 Å². The minimum Gasteiger partial charge on any atom is -0.274 e. The van der Waals surface area contributed by atoms with Gasteiger partial charge in [-0.25, -0.2) is 4.90 Å². The number of nitrogens with zero attached hydrogens (tertiary/aromatic N) is 2. The van der Waals surface area contributed by atoms with Gasteiger partial charge in [-0.1, -0.05) is 12.2 Å². The summed E-state index contributed by atoms with van der Waals surface area (Å²) in [7, 11) is 0. The van der Waals surface area contributed by atoms with Gasteiger partial charge in [0, 0.05) is 6.07 Å². The Hall–Kier alpha value is -2.50. The summed E-state index contributed by atoms with van der Waals surface area (Å²) in [6.07, 6.45) is 5.89. The second-order valence-corrected chi connectivity index (χ2v) is 7.04. The van der Waals surface area contributed by atoms with E-state index in [1.54, 1.807) is 13.0 Å². The van der Waals surface area contributed by atoms with Crippen molar-refractivity contribution < 1.29 is 14.5 Å². The average molecular weight is 326 g/mol. The molecule has 24 heavy (non-hydrogen) atoms. The normalized spacial score (nSPS) is 30.8. The summed E-state index contributed by atoms with van der Waals surface area (Å²) in [6, 6.07) is 3.04. The fourth-order valence-electron chi connectivity index (χ4n) is 4.42. The first-order valence-corrected chi connectivity index (χ1v) is 8.22. The van der Waals surface area contributed by atoms with E-state index >= 15 is 0 Å². The van der Waals surface area contributed by atoms with Crippen LogP contribution in [0.2, 0.25) is 0 Å². The van der Waals surface area contributed by atoms with Crippen molar-refractivity contribution in [1.29, 1.82) is 0 Å². The molecular weight excluding hydrogens is 308 g/mol. The predicted molar refractivity (Wildman–Crippen MR) is 87.4 cm³/mol. The van der Waals surface area contributed by atoms with Gasteiger partial charge in [-0.15, -0.1) is 0 Å². The highest BCUT2D eigenvalue weighted by Gasteiger charge is 2.57. The first-order valence-electron chi connectivity index (χ1n) is 8.22. The molecule has 2 amide bonds. The van der Waals surface area contributed by atoms with Crippen molar-refractivity contribution in [3.8, 4) is 0 Å².